The van der Waals surface area contributed by atoms with Crippen molar-refractivity contribution in [2.75, 3.05) is 13.1 Å². The first-order valence-corrected chi connectivity index (χ1v) is 7.01. The quantitative estimate of drug-likeness (QED) is 0.792. The van der Waals surface area contributed by atoms with Gasteiger partial charge >= 0.3 is 5.97 Å². The van der Waals surface area contributed by atoms with Crippen LogP contribution in [0.25, 0.3) is 0 Å². The Morgan fingerprint density at radius 2 is 2.00 bits per heavy atom. The Bertz CT molecular complexity index is 452. The maximum Gasteiger partial charge on any atom is 0.305 e. The van der Waals surface area contributed by atoms with Gasteiger partial charge in [-0.3, -0.25) is 9.59 Å². The number of carbonyl (C=O) groups is 2. The highest BCUT2D eigenvalue weighted by molar-refractivity contribution is 5.91. The van der Waals surface area contributed by atoms with Crippen LogP contribution in [0.1, 0.15) is 62.2 Å². The molecule has 0 spiro atoms. The number of hydrogen-bond acceptors (Lipinski definition) is 4. The molecule has 0 atom stereocenters. The van der Waals surface area contributed by atoms with Crippen molar-refractivity contribution in [1.82, 2.24) is 10.1 Å². The molecule has 20 heavy (non-hydrogen) atoms. The molecule has 0 saturated carbocycles. The number of aromatic nitrogens is 1. The Morgan fingerprint density at radius 3 is 2.50 bits per heavy atom. The topological polar surface area (TPSA) is 83.6 Å². The zero-order valence-electron chi connectivity index (χ0n) is 12.3. The zero-order valence-corrected chi connectivity index (χ0v) is 12.3. The molecule has 6 heteroatoms. The van der Waals surface area contributed by atoms with Crippen LogP contribution >= 0.6 is 0 Å². The van der Waals surface area contributed by atoms with Crippen LogP contribution in [0.4, 0.5) is 0 Å². The van der Waals surface area contributed by atoms with Crippen molar-refractivity contribution in [2.24, 2.45) is 0 Å². The number of carboxylic acid groups (broad SMARTS) is 1. The van der Waals surface area contributed by atoms with E-state index in [1.807, 2.05) is 0 Å². The van der Waals surface area contributed by atoms with Gasteiger partial charge in [-0.2, -0.15) is 0 Å². The van der Waals surface area contributed by atoms with E-state index in [1.54, 1.807) is 13.0 Å². The second kappa shape index (κ2) is 7.67. The van der Waals surface area contributed by atoms with E-state index in [-0.39, 0.29) is 30.6 Å². The van der Waals surface area contributed by atoms with Gasteiger partial charge in [-0.15, -0.1) is 0 Å². The largest absolute Gasteiger partial charge is 0.481 e. The first kappa shape index (κ1) is 16.2. The molecule has 1 aromatic heterocycles. The van der Waals surface area contributed by atoms with E-state index < -0.39 is 5.97 Å². The SMILES string of the molecule is CCC(CC)c1cc(C(=O)N(CC)CCC(=O)O)on1. The van der Waals surface area contributed by atoms with E-state index in [0.717, 1.165) is 18.5 Å². The van der Waals surface area contributed by atoms with E-state index in [4.69, 9.17) is 9.63 Å². The molecule has 0 saturated heterocycles. The normalized spacial score (nSPS) is 10.8. The average molecular weight is 282 g/mol. The van der Waals surface area contributed by atoms with Crippen LogP contribution in [-0.2, 0) is 4.79 Å². The number of nitrogens with zero attached hydrogens (tertiary/aromatic N) is 2. The van der Waals surface area contributed by atoms with Crippen LogP contribution in [-0.4, -0.2) is 40.1 Å². The standard InChI is InChI=1S/C14H22N2O4/c1-4-10(5-2)11-9-12(20-15-11)14(19)16(6-3)8-7-13(17)18/h9-10H,4-8H2,1-3H3,(H,17,18). The zero-order chi connectivity index (χ0) is 15.1. The van der Waals surface area contributed by atoms with Gasteiger partial charge in [0, 0.05) is 25.1 Å². The minimum Gasteiger partial charge on any atom is -0.481 e. The summed E-state index contributed by atoms with van der Waals surface area (Å²) in [5, 5.41) is 12.6. The van der Waals surface area contributed by atoms with Crippen LogP contribution in [0.15, 0.2) is 10.6 Å². The first-order chi connectivity index (χ1) is 9.53. The molecule has 1 aromatic rings. The van der Waals surface area contributed by atoms with Crippen LogP contribution in [0.2, 0.25) is 0 Å². The van der Waals surface area contributed by atoms with E-state index in [2.05, 4.69) is 19.0 Å². The third-order valence-corrected chi connectivity index (χ3v) is 3.41. The minimum atomic E-state index is -0.925. The van der Waals surface area contributed by atoms with Crippen molar-refractivity contribution in [3.63, 3.8) is 0 Å². The highest BCUT2D eigenvalue weighted by Crippen LogP contribution is 2.22. The maximum atomic E-state index is 12.2. The summed E-state index contributed by atoms with van der Waals surface area (Å²) >= 11 is 0. The van der Waals surface area contributed by atoms with Gasteiger partial charge in [0.15, 0.2) is 0 Å². The van der Waals surface area contributed by atoms with Crippen LogP contribution in [0.5, 0.6) is 0 Å². The molecule has 0 aromatic carbocycles. The van der Waals surface area contributed by atoms with Gasteiger partial charge < -0.3 is 14.5 Å². The third-order valence-electron chi connectivity index (χ3n) is 3.41. The molecule has 0 fully saturated rings. The van der Waals surface area contributed by atoms with Crippen molar-refractivity contribution in [3.8, 4) is 0 Å². The fourth-order valence-electron chi connectivity index (χ4n) is 2.08. The van der Waals surface area contributed by atoms with Gasteiger partial charge in [0.2, 0.25) is 5.76 Å². The lowest BCUT2D eigenvalue weighted by Gasteiger charge is -2.17. The molecular weight excluding hydrogens is 260 g/mol. The summed E-state index contributed by atoms with van der Waals surface area (Å²) in [6.07, 6.45) is 1.80. The molecular formula is C14H22N2O4. The van der Waals surface area contributed by atoms with Gasteiger partial charge in [0.05, 0.1) is 12.1 Å². The van der Waals surface area contributed by atoms with E-state index in [1.165, 1.54) is 4.90 Å². The van der Waals surface area contributed by atoms with Gasteiger partial charge in [0.25, 0.3) is 5.91 Å². The summed E-state index contributed by atoms with van der Waals surface area (Å²) in [7, 11) is 0. The molecule has 1 N–H and O–H groups in total. The van der Waals surface area contributed by atoms with Crippen LogP contribution < -0.4 is 0 Å². The number of amides is 1. The molecule has 1 rings (SSSR count). The first-order valence-electron chi connectivity index (χ1n) is 7.01. The Kier molecular flexibility index (Phi) is 6.21. The lowest BCUT2D eigenvalue weighted by Crippen LogP contribution is -2.32. The second-order valence-electron chi connectivity index (χ2n) is 4.66. The van der Waals surface area contributed by atoms with Crippen molar-refractivity contribution < 1.29 is 19.2 Å². The summed E-state index contributed by atoms with van der Waals surface area (Å²) < 4.78 is 5.11. The summed E-state index contributed by atoms with van der Waals surface area (Å²) in [4.78, 5) is 24.2. The predicted octanol–water partition coefficient (Wildman–Crippen LogP) is 2.52. The molecule has 112 valence electrons. The maximum absolute atomic E-state index is 12.2. The molecule has 0 aliphatic rings. The molecule has 0 bridgehead atoms. The molecule has 0 radical (unpaired) electrons. The molecule has 0 aliphatic carbocycles. The molecule has 6 nitrogen and oxygen atoms in total. The van der Waals surface area contributed by atoms with E-state index in [0.29, 0.717) is 6.54 Å². The van der Waals surface area contributed by atoms with Crippen molar-refractivity contribution in [2.45, 2.75) is 46.0 Å². The summed E-state index contributed by atoms with van der Waals surface area (Å²) in [5.41, 5.74) is 0.785. The minimum absolute atomic E-state index is 0.0763. The average Bonchev–Trinajstić information content (AvgIpc) is 2.90. The van der Waals surface area contributed by atoms with Gasteiger partial charge in [-0.25, -0.2) is 0 Å². The molecule has 1 heterocycles. The number of rotatable bonds is 8. The van der Waals surface area contributed by atoms with Crippen LogP contribution in [0.3, 0.4) is 0 Å². The monoisotopic (exact) mass is 282 g/mol. The van der Waals surface area contributed by atoms with Crippen LogP contribution in [0, 0.1) is 0 Å². The Labute approximate surface area is 118 Å². The van der Waals surface area contributed by atoms with E-state index in [9.17, 15) is 9.59 Å². The smallest absolute Gasteiger partial charge is 0.305 e. The Morgan fingerprint density at radius 1 is 1.35 bits per heavy atom. The van der Waals surface area contributed by atoms with Crippen molar-refractivity contribution in [1.29, 1.82) is 0 Å². The molecule has 0 unspecified atom stereocenters. The highest BCUT2D eigenvalue weighted by Gasteiger charge is 2.21. The number of aliphatic carboxylic acids is 1. The summed E-state index contributed by atoms with van der Waals surface area (Å²) in [5.74, 6) is -0.765. The number of hydrogen-bond donors (Lipinski definition) is 1. The van der Waals surface area contributed by atoms with Gasteiger partial charge in [-0.05, 0) is 19.8 Å². The predicted molar refractivity (Wildman–Crippen MR) is 73.7 cm³/mol. The Balaban J connectivity index is 2.77. The lowest BCUT2D eigenvalue weighted by atomic mass is 9.99. The van der Waals surface area contributed by atoms with Crippen molar-refractivity contribution in [3.05, 3.63) is 17.5 Å². The summed E-state index contributed by atoms with van der Waals surface area (Å²) in [6.45, 7) is 6.54. The molecule has 1 amide bonds. The summed E-state index contributed by atoms with van der Waals surface area (Å²) in [6, 6.07) is 1.67. The van der Waals surface area contributed by atoms with Gasteiger partial charge in [0.1, 0.15) is 0 Å². The Hall–Kier alpha value is -1.85. The number of carbonyl (C=O) groups excluding carboxylic acids is 1. The van der Waals surface area contributed by atoms with Crippen molar-refractivity contribution >= 4 is 11.9 Å². The van der Waals surface area contributed by atoms with Gasteiger partial charge in [-0.1, -0.05) is 19.0 Å². The molecule has 0 aliphatic heterocycles. The highest BCUT2D eigenvalue weighted by atomic mass is 16.5. The fraction of sp³-hybridized carbons (Fsp3) is 0.643. The second-order valence-corrected chi connectivity index (χ2v) is 4.66. The third kappa shape index (κ3) is 4.08. The van der Waals surface area contributed by atoms with E-state index >= 15 is 0 Å². The fourth-order valence-corrected chi connectivity index (χ4v) is 2.08. The number of carboxylic acids is 1. The lowest BCUT2D eigenvalue weighted by molar-refractivity contribution is -0.137.